The SMILES string of the molecule is CC(=O)N1CC2(C1)CN(c1ccc(CNC(=O)C3(c4ccc(OCc5ccc(C(F)F)nc5)nn4)CC3)cc1F)C2. The fourth-order valence-electron chi connectivity index (χ4n) is 5.57. The van der Waals surface area contributed by atoms with Gasteiger partial charge in [0.1, 0.15) is 18.1 Å². The number of carbonyl (C=O) groups is 2. The van der Waals surface area contributed by atoms with E-state index in [2.05, 4.69) is 20.5 Å². The number of nitrogens with one attached hydrogen (secondary N) is 1. The standard InChI is InChI=1S/C29H29F3N6O3/c1-18(39)37-14-28(15-37)16-38(17-28)23-5-3-19(10-21(23)30)11-34-27(40)29(8-9-29)24-6-7-25(36-35-24)41-13-20-2-4-22(26(31)32)33-12-20/h2-7,10,12,26H,8-9,11,13-17H2,1H3,(H,34,40). The molecule has 3 aromatic rings. The highest BCUT2D eigenvalue weighted by Gasteiger charge is 2.54. The Morgan fingerprint density at radius 2 is 1.78 bits per heavy atom. The van der Waals surface area contributed by atoms with E-state index in [1.807, 2.05) is 11.0 Å². The number of hydrogen-bond donors (Lipinski definition) is 1. The van der Waals surface area contributed by atoms with Crippen molar-refractivity contribution < 1.29 is 27.5 Å². The maximum Gasteiger partial charge on any atom is 0.280 e. The van der Waals surface area contributed by atoms with Crippen molar-refractivity contribution in [2.75, 3.05) is 31.1 Å². The fourth-order valence-corrected chi connectivity index (χ4v) is 5.57. The van der Waals surface area contributed by atoms with E-state index in [0.717, 1.165) is 26.2 Å². The number of benzene rings is 1. The quantitative estimate of drug-likeness (QED) is 0.423. The molecule has 1 spiro atoms. The van der Waals surface area contributed by atoms with Crippen LogP contribution in [0.4, 0.5) is 18.9 Å². The number of amides is 2. The van der Waals surface area contributed by atoms with Gasteiger partial charge in [0, 0.05) is 62.9 Å². The summed E-state index contributed by atoms with van der Waals surface area (Å²) < 4.78 is 45.8. The Hall–Kier alpha value is -4.22. The predicted octanol–water partition coefficient (Wildman–Crippen LogP) is 3.54. The van der Waals surface area contributed by atoms with Gasteiger partial charge in [-0.25, -0.2) is 13.2 Å². The molecule has 3 aliphatic rings. The van der Waals surface area contributed by atoms with Gasteiger partial charge >= 0.3 is 0 Å². The summed E-state index contributed by atoms with van der Waals surface area (Å²) in [6.07, 6.45) is -0.0526. The Bertz CT molecular complexity index is 1450. The highest BCUT2D eigenvalue weighted by molar-refractivity contribution is 5.90. The van der Waals surface area contributed by atoms with Crippen LogP contribution < -0.4 is 15.0 Å². The van der Waals surface area contributed by atoms with Crippen LogP contribution in [-0.4, -0.2) is 58.1 Å². The number of pyridine rings is 1. The first-order valence-corrected chi connectivity index (χ1v) is 13.4. The first kappa shape index (κ1) is 27.0. The third-order valence-electron chi connectivity index (χ3n) is 8.13. The minimum absolute atomic E-state index is 0.0745. The zero-order chi connectivity index (χ0) is 28.8. The number of carbonyl (C=O) groups excluding carboxylic acids is 2. The van der Waals surface area contributed by atoms with E-state index in [4.69, 9.17) is 4.74 Å². The zero-order valence-corrected chi connectivity index (χ0v) is 22.4. The molecule has 1 N–H and O–H groups in total. The van der Waals surface area contributed by atoms with Gasteiger partial charge in [0.25, 0.3) is 6.43 Å². The molecule has 0 radical (unpaired) electrons. The van der Waals surface area contributed by atoms with Crippen molar-refractivity contribution in [1.82, 2.24) is 25.4 Å². The largest absolute Gasteiger partial charge is 0.472 e. The topological polar surface area (TPSA) is 101 Å². The van der Waals surface area contributed by atoms with Crippen LogP contribution in [0.3, 0.4) is 0 Å². The molecule has 0 unspecified atom stereocenters. The summed E-state index contributed by atoms with van der Waals surface area (Å²) in [5.41, 5.74) is 1.33. The Morgan fingerprint density at radius 3 is 2.37 bits per heavy atom. The van der Waals surface area contributed by atoms with E-state index < -0.39 is 11.8 Å². The second kappa shape index (κ2) is 10.3. The zero-order valence-electron chi connectivity index (χ0n) is 22.4. The highest BCUT2D eigenvalue weighted by atomic mass is 19.3. The van der Waals surface area contributed by atoms with Gasteiger partial charge in [-0.3, -0.25) is 14.6 Å². The molecule has 41 heavy (non-hydrogen) atoms. The predicted molar refractivity (Wildman–Crippen MR) is 142 cm³/mol. The first-order chi connectivity index (χ1) is 19.7. The van der Waals surface area contributed by atoms with E-state index in [-0.39, 0.29) is 47.8 Å². The summed E-state index contributed by atoms with van der Waals surface area (Å²) in [4.78, 5) is 32.0. The highest BCUT2D eigenvalue weighted by Crippen LogP contribution is 2.47. The lowest BCUT2D eigenvalue weighted by Gasteiger charge is -2.60. The van der Waals surface area contributed by atoms with Crippen LogP contribution in [0.15, 0.2) is 48.7 Å². The van der Waals surface area contributed by atoms with Crippen LogP contribution in [0.2, 0.25) is 0 Å². The van der Waals surface area contributed by atoms with Crippen molar-refractivity contribution in [2.45, 2.75) is 44.8 Å². The van der Waals surface area contributed by atoms with Crippen molar-refractivity contribution in [3.8, 4) is 5.88 Å². The second-order valence-corrected chi connectivity index (χ2v) is 11.2. The summed E-state index contributed by atoms with van der Waals surface area (Å²) in [6.45, 7) is 4.74. The van der Waals surface area contributed by atoms with Gasteiger partial charge in [-0.2, -0.15) is 5.10 Å². The lowest BCUT2D eigenvalue weighted by atomic mass is 9.72. The van der Waals surface area contributed by atoms with E-state index >= 15 is 0 Å². The van der Waals surface area contributed by atoms with Crippen LogP contribution in [-0.2, 0) is 28.2 Å². The number of hydrogen-bond acceptors (Lipinski definition) is 7. The molecule has 2 aliphatic heterocycles. The Balaban J connectivity index is 0.998. The van der Waals surface area contributed by atoms with Crippen LogP contribution >= 0.6 is 0 Å². The van der Waals surface area contributed by atoms with Crippen LogP contribution in [0.25, 0.3) is 0 Å². The van der Waals surface area contributed by atoms with Crippen LogP contribution in [0.5, 0.6) is 5.88 Å². The van der Waals surface area contributed by atoms with Gasteiger partial charge < -0.3 is 19.9 Å². The number of ether oxygens (including phenoxy) is 1. The number of nitrogens with zero attached hydrogens (tertiary/aromatic N) is 5. The normalized spacial score (nSPS) is 18.1. The van der Waals surface area contributed by atoms with Crippen molar-refractivity contribution in [2.24, 2.45) is 5.41 Å². The van der Waals surface area contributed by atoms with Gasteiger partial charge in [-0.15, -0.1) is 5.10 Å². The number of halogens is 3. The van der Waals surface area contributed by atoms with Gasteiger partial charge in [0.15, 0.2) is 0 Å². The lowest BCUT2D eigenvalue weighted by Crippen LogP contribution is -2.73. The molecule has 2 aromatic heterocycles. The van der Waals surface area contributed by atoms with Crippen molar-refractivity contribution in [3.63, 3.8) is 0 Å². The maximum atomic E-state index is 14.9. The molecular weight excluding hydrogens is 537 g/mol. The molecule has 3 fully saturated rings. The summed E-state index contributed by atoms with van der Waals surface area (Å²) in [5.74, 6) is -0.219. The Kier molecular flexibility index (Phi) is 6.79. The monoisotopic (exact) mass is 566 g/mol. The van der Waals surface area contributed by atoms with Crippen molar-refractivity contribution in [3.05, 3.63) is 77.0 Å². The van der Waals surface area contributed by atoms with E-state index in [0.29, 0.717) is 35.3 Å². The lowest BCUT2D eigenvalue weighted by molar-refractivity contribution is -0.142. The second-order valence-electron chi connectivity index (χ2n) is 11.2. The summed E-state index contributed by atoms with van der Waals surface area (Å²) in [7, 11) is 0. The number of rotatable bonds is 9. The Labute approximate surface area is 234 Å². The third-order valence-corrected chi connectivity index (χ3v) is 8.13. The number of alkyl halides is 2. The molecular formula is C29H29F3N6O3. The number of aromatic nitrogens is 3. The molecule has 4 heterocycles. The number of anilines is 1. The smallest absolute Gasteiger partial charge is 0.280 e. The molecule has 1 aromatic carbocycles. The van der Waals surface area contributed by atoms with Crippen molar-refractivity contribution >= 4 is 17.5 Å². The molecule has 1 aliphatic carbocycles. The minimum Gasteiger partial charge on any atom is -0.472 e. The molecule has 9 nitrogen and oxygen atoms in total. The van der Waals surface area contributed by atoms with E-state index in [1.54, 1.807) is 30.0 Å². The first-order valence-electron chi connectivity index (χ1n) is 13.4. The third kappa shape index (κ3) is 5.30. The fraction of sp³-hybridized carbons (Fsp3) is 0.414. The van der Waals surface area contributed by atoms with Crippen LogP contribution in [0, 0.1) is 11.2 Å². The summed E-state index contributed by atoms with van der Waals surface area (Å²) in [6, 6.07) is 11.1. The average Bonchev–Trinajstić information content (AvgIpc) is 3.72. The van der Waals surface area contributed by atoms with E-state index in [9.17, 15) is 22.8 Å². The number of likely N-dealkylation sites (tertiary alicyclic amines) is 1. The van der Waals surface area contributed by atoms with Gasteiger partial charge in [0.2, 0.25) is 17.7 Å². The van der Waals surface area contributed by atoms with Gasteiger partial charge in [-0.05, 0) is 42.7 Å². The molecule has 6 rings (SSSR count). The molecule has 12 heteroatoms. The summed E-state index contributed by atoms with van der Waals surface area (Å²) in [5, 5.41) is 11.2. The molecule has 2 saturated heterocycles. The molecule has 0 atom stereocenters. The maximum absolute atomic E-state index is 14.9. The van der Waals surface area contributed by atoms with Gasteiger partial charge in [-0.1, -0.05) is 12.1 Å². The Morgan fingerprint density at radius 1 is 1.02 bits per heavy atom. The minimum atomic E-state index is -2.63. The average molecular weight is 567 g/mol. The van der Waals surface area contributed by atoms with E-state index in [1.165, 1.54) is 24.4 Å². The summed E-state index contributed by atoms with van der Waals surface area (Å²) >= 11 is 0. The van der Waals surface area contributed by atoms with Gasteiger partial charge in [0.05, 0.1) is 16.8 Å². The molecule has 214 valence electrons. The molecule has 2 amide bonds. The van der Waals surface area contributed by atoms with Crippen molar-refractivity contribution in [1.29, 1.82) is 0 Å². The van der Waals surface area contributed by atoms with Crippen LogP contribution in [0.1, 0.15) is 48.7 Å². The molecule has 1 saturated carbocycles. The molecule has 0 bridgehead atoms.